The lowest BCUT2D eigenvalue weighted by atomic mass is 10.1. The second-order valence-corrected chi connectivity index (χ2v) is 6.18. The van der Waals surface area contributed by atoms with Gasteiger partial charge in [-0.1, -0.05) is 0 Å². The highest BCUT2D eigenvalue weighted by Crippen LogP contribution is 2.22. The molecule has 2 unspecified atom stereocenters. The van der Waals surface area contributed by atoms with Crippen molar-refractivity contribution in [2.75, 3.05) is 12.0 Å². The summed E-state index contributed by atoms with van der Waals surface area (Å²) in [4.78, 5) is 4.48. The van der Waals surface area contributed by atoms with E-state index in [1.807, 2.05) is 18.0 Å². The number of nitrogens with one attached hydrogen (secondary N) is 1. The van der Waals surface area contributed by atoms with Crippen LogP contribution in [0.3, 0.4) is 0 Å². The number of rotatable bonds is 5. The van der Waals surface area contributed by atoms with Gasteiger partial charge in [-0.05, 0) is 43.2 Å². The molecule has 0 amide bonds. The van der Waals surface area contributed by atoms with Gasteiger partial charge in [-0.15, -0.1) is 11.3 Å². The lowest BCUT2D eigenvalue weighted by molar-refractivity contribution is 0.511. The van der Waals surface area contributed by atoms with Crippen molar-refractivity contribution < 1.29 is 0 Å². The predicted octanol–water partition coefficient (Wildman–Crippen LogP) is 3.70. The van der Waals surface area contributed by atoms with E-state index >= 15 is 0 Å². The molecule has 4 heteroatoms. The van der Waals surface area contributed by atoms with E-state index in [-0.39, 0.29) is 0 Å². The minimum absolute atomic E-state index is 0.358. The normalized spacial score (nSPS) is 15.0. The van der Waals surface area contributed by atoms with E-state index < -0.39 is 0 Å². The molecule has 0 spiro atoms. The van der Waals surface area contributed by atoms with Gasteiger partial charge in [0.15, 0.2) is 0 Å². The molecule has 92 valence electrons. The molecule has 2 rings (SSSR count). The third-order valence-electron chi connectivity index (χ3n) is 2.78. The van der Waals surface area contributed by atoms with E-state index in [1.165, 1.54) is 10.3 Å². The second-order valence-electron chi connectivity index (χ2n) is 4.32. The zero-order chi connectivity index (χ0) is 12.3. The Balaban J connectivity index is 2.09. The van der Waals surface area contributed by atoms with Gasteiger partial charge in [0.1, 0.15) is 0 Å². The molecular formula is C13H18N2S2. The summed E-state index contributed by atoms with van der Waals surface area (Å²) in [6.45, 7) is 4.43. The van der Waals surface area contributed by atoms with Gasteiger partial charge in [0.05, 0.1) is 10.2 Å². The van der Waals surface area contributed by atoms with Gasteiger partial charge in [0, 0.05) is 24.0 Å². The smallest absolute Gasteiger partial charge is 0.0809 e. The highest BCUT2D eigenvalue weighted by molar-refractivity contribution is 7.98. The van der Waals surface area contributed by atoms with Gasteiger partial charge in [0.25, 0.3) is 0 Å². The lowest BCUT2D eigenvalue weighted by Gasteiger charge is -2.19. The molecule has 0 aliphatic heterocycles. The Morgan fingerprint density at radius 3 is 3.06 bits per heavy atom. The van der Waals surface area contributed by atoms with Crippen LogP contribution in [0.15, 0.2) is 23.7 Å². The highest BCUT2D eigenvalue weighted by Gasteiger charge is 2.10. The molecule has 0 saturated carbocycles. The zero-order valence-electron chi connectivity index (χ0n) is 10.4. The number of nitrogens with zero attached hydrogens (tertiary/aromatic N) is 1. The Kier molecular flexibility index (Phi) is 4.42. The van der Waals surface area contributed by atoms with Crippen molar-refractivity contribution in [2.24, 2.45) is 0 Å². The van der Waals surface area contributed by atoms with Crippen LogP contribution in [0.5, 0.6) is 0 Å². The van der Waals surface area contributed by atoms with E-state index in [1.54, 1.807) is 11.3 Å². The SMILES string of the molecule is CSCC(C)NC(C)c1cnc2ccsc2c1. The second kappa shape index (κ2) is 5.85. The maximum atomic E-state index is 4.48. The summed E-state index contributed by atoms with van der Waals surface area (Å²) in [6.07, 6.45) is 4.13. The molecule has 2 aromatic rings. The Hall–Kier alpha value is -0.580. The largest absolute Gasteiger partial charge is 0.307 e. The number of pyridine rings is 1. The van der Waals surface area contributed by atoms with E-state index in [9.17, 15) is 0 Å². The fourth-order valence-corrected chi connectivity index (χ4v) is 3.30. The molecule has 2 atom stereocenters. The summed E-state index contributed by atoms with van der Waals surface area (Å²) in [5, 5.41) is 5.69. The van der Waals surface area contributed by atoms with Crippen molar-refractivity contribution in [1.29, 1.82) is 0 Å². The number of hydrogen-bond acceptors (Lipinski definition) is 4. The van der Waals surface area contributed by atoms with Crippen LogP contribution >= 0.6 is 23.1 Å². The Labute approximate surface area is 111 Å². The van der Waals surface area contributed by atoms with Crippen molar-refractivity contribution >= 4 is 33.3 Å². The number of fused-ring (bicyclic) bond motifs is 1. The Bertz CT molecular complexity index is 481. The van der Waals surface area contributed by atoms with Crippen LogP contribution in [-0.4, -0.2) is 23.0 Å². The van der Waals surface area contributed by atoms with Crippen LogP contribution in [0.4, 0.5) is 0 Å². The summed E-state index contributed by atoms with van der Waals surface area (Å²) in [6, 6.07) is 5.20. The Morgan fingerprint density at radius 2 is 2.29 bits per heavy atom. The van der Waals surface area contributed by atoms with E-state index in [4.69, 9.17) is 0 Å². The van der Waals surface area contributed by atoms with Crippen LogP contribution in [0, 0.1) is 0 Å². The third kappa shape index (κ3) is 3.21. The molecule has 1 N–H and O–H groups in total. The first-order chi connectivity index (χ1) is 8.20. The number of hydrogen-bond donors (Lipinski definition) is 1. The minimum atomic E-state index is 0.358. The fraction of sp³-hybridized carbons (Fsp3) is 0.462. The average Bonchev–Trinajstić information content (AvgIpc) is 2.75. The first kappa shape index (κ1) is 12.9. The molecule has 0 aliphatic rings. The summed E-state index contributed by atoms with van der Waals surface area (Å²) in [5.74, 6) is 1.14. The molecule has 0 aromatic carbocycles. The first-order valence-electron chi connectivity index (χ1n) is 5.79. The van der Waals surface area contributed by atoms with Crippen molar-refractivity contribution in [2.45, 2.75) is 25.9 Å². The fourth-order valence-electron chi connectivity index (χ4n) is 1.92. The van der Waals surface area contributed by atoms with Crippen LogP contribution in [0.25, 0.3) is 10.2 Å². The standard InChI is InChI=1S/C13H18N2S2/c1-9(8-16-3)15-10(2)11-6-13-12(14-7-11)4-5-17-13/h4-7,9-10,15H,8H2,1-3H3. The predicted molar refractivity (Wildman–Crippen MR) is 79.0 cm³/mol. The summed E-state index contributed by atoms with van der Waals surface area (Å²) >= 11 is 3.63. The molecule has 0 aliphatic carbocycles. The van der Waals surface area contributed by atoms with Crippen molar-refractivity contribution in [3.05, 3.63) is 29.3 Å². The van der Waals surface area contributed by atoms with E-state index in [0.717, 1.165) is 11.3 Å². The third-order valence-corrected chi connectivity index (χ3v) is 4.46. The van der Waals surface area contributed by atoms with E-state index in [2.05, 4.69) is 47.9 Å². The molecule has 0 fully saturated rings. The molecule has 2 heterocycles. The van der Waals surface area contributed by atoms with Gasteiger partial charge in [-0.25, -0.2) is 0 Å². The quantitative estimate of drug-likeness (QED) is 0.893. The van der Waals surface area contributed by atoms with Crippen LogP contribution in [0.2, 0.25) is 0 Å². The first-order valence-corrected chi connectivity index (χ1v) is 8.06. The number of aromatic nitrogens is 1. The monoisotopic (exact) mass is 266 g/mol. The summed E-state index contributed by atoms with van der Waals surface area (Å²) < 4.78 is 1.27. The van der Waals surface area contributed by atoms with Gasteiger partial charge in [-0.3, -0.25) is 4.98 Å². The maximum Gasteiger partial charge on any atom is 0.0809 e. The van der Waals surface area contributed by atoms with Crippen molar-refractivity contribution in [3.63, 3.8) is 0 Å². The highest BCUT2D eigenvalue weighted by atomic mass is 32.2. The molecular weight excluding hydrogens is 248 g/mol. The summed E-state index contributed by atoms with van der Waals surface area (Å²) in [5.41, 5.74) is 2.37. The Morgan fingerprint density at radius 1 is 1.47 bits per heavy atom. The lowest BCUT2D eigenvalue weighted by Crippen LogP contribution is -2.30. The molecule has 2 aromatic heterocycles. The van der Waals surface area contributed by atoms with E-state index in [0.29, 0.717) is 12.1 Å². The van der Waals surface area contributed by atoms with Crippen LogP contribution in [-0.2, 0) is 0 Å². The van der Waals surface area contributed by atoms with Crippen molar-refractivity contribution in [1.82, 2.24) is 10.3 Å². The summed E-state index contributed by atoms with van der Waals surface area (Å²) in [7, 11) is 0. The molecule has 0 bridgehead atoms. The van der Waals surface area contributed by atoms with Gasteiger partial charge in [0.2, 0.25) is 0 Å². The molecule has 17 heavy (non-hydrogen) atoms. The maximum absolute atomic E-state index is 4.48. The molecule has 2 nitrogen and oxygen atoms in total. The van der Waals surface area contributed by atoms with Crippen molar-refractivity contribution in [3.8, 4) is 0 Å². The molecule has 0 radical (unpaired) electrons. The number of thiophene rings is 1. The zero-order valence-corrected chi connectivity index (χ0v) is 12.1. The van der Waals surface area contributed by atoms with Gasteiger partial charge >= 0.3 is 0 Å². The molecule has 0 saturated heterocycles. The van der Waals surface area contributed by atoms with Crippen LogP contribution in [0.1, 0.15) is 25.5 Å². The minimum Gasteiger partial charge on any atom is -0.307 e. The van der Waals surface area contributed by atoms with Gasteiger partial charge < -0.3 is 5.32 Å². The van der Waals surface area contributed by atoms with Crippen LogP contribution < -0.4 is 5.32 Å². The topological polar surface area (TPSA) is 24.9 Å². The number of thioether (sulfide) groups is 1. The van der Waals surface area contributed by atoms with Gasteiger partial charge in [-0.2, -0.15) is 11.8 Å². The average molecular weight is 266 g/mol.